The van der Waals surface area contributed by atoms with Crippen molar-refractivity contribution in [3.05, 3.63) is 24.4 Å². The molecule has 3 rings (SSSR count). The number of ether oxygens (including phenoxy) is 2. The van der Waals surface area contributed by atoms with Crippen LogP contribution >= 0.6 is 0 Å². The molecule has 9 heteroatoms. The summed E-state index contributed by atoms with van der Waals surface area (Å²) in [5.74, 6) is 1.71. The second-order valence-corrected chi connectivity index (χ2v) is 4.72. The van der Waals surface area contributed by atoms with Crippen LogP contribution in [0.3, 0.4) is 0 Å². The Hall–Kier alpha value is -3.10. The average molecular weight is 316 g/mol. The molecular formula is C14H16N6O3. The van der Waals surface area contributed by atoms with E-state index in [0.29, 0.717) is 23.8 Å². The van der Waals surface area contributed by atoms with E-state index in [1.165, 1.54) is 4.68 Å². The lowest BCUT2D eigenvalue weighted by atomic mass is 10.1. The van der Waals surface area contributed by atoms with Gasteiger partial charge in [0.1, 0.15) is 0 Å². The fourth-order valence-corrected chi connectivity index (χ4v) is 2.08. The summed E-state index contributed by atoms with van der Waals surface area (Å²) >= 11 is 0. The molecule has 0 saturated carbocycles. The first kappa shape index (κ1) is 14.8. The van der Waals surface area contributed by atoms with Crippen LogP contribution < -0.4 is 15.2 Å². The molecule has 0 unspecified atom stereocenters. The lowest BCUT2D eigenvalue weighted by molar-refractivity contribution is 0.294. The Morgan fingerprint density at radius 3 is 2.83 bits per heavy atom. The molecule has 3 aromatic rings. The molecule has 120 valence electrons. The minimum absolute atomic E-state index is 0.131. The van der Waals surface area contributed by atoms with E-state index in [4.69, 9.17) is 15.2 Å². The maximum atomic E-state index is 5.71. The van der Waals surface area contributed by atoms with Crippen LogP contribution in [0.2, 0.25) is 0 Å². The highest BCUT2D eigenvalue weighted by Crippen LogP contribution is 2.33. The van der Waals surface area contributed by atoms with Crippen LogP contribution in [0.25, 0.3) is 17.1 Å². The molecule has 2 N–H and O–H groups in total. The van der Waals surface area contributed by atoms with Crippen molar-refractivity contribution in [3.8, 4) is 28.6 Å². The predicted octanol–water partition coefficient (Wildman–Crippen LogP) is 1.70. The molecule has 0 saturated heterocycles. The van der Waals surface area contributed by atoms with E-state index in [9.17, 15) is 0 Å². The first-order valence-electron chi connectivity index (χ1n) is 7.05. The van der Waals surface area contributed by atoms with Gasteiger partial charge in [0.05, 0.1) is 25.6 Å². The van der Waals surface area contributed by atoms with Crippen LogP contribution in [0, 0.1) is 0 Å². The quantitative estimate of drug-likeness (QED) is 0.730. The van der Waals surface area contributed by atoms with E-state index in [1.807, 2.05) is 25.1 Å². The normalized spacial score (nSPS) is 10.7. The minimum atomic E-state index is 0.131. The number of hydrogen-bond acceptors (Lipinski definition) is 8. The van der Waals surface area contributed by atoms with Gasteiger partial charge >= 0.3 is 0 Å². The fourth-order valence-electron chi connectivity index (χ4n) is 2.08. The van der Waals surface area contributed by atoms with Gasteiger partial charge in [-0.2, -0.15) is 4.68 Å². The highest BCUT2D eigenvalue weighted by molar-refractivity contribution is 5.66. The number of nitrogen functional groups attached to an aromatic ring is 1. The van der Waals surface area contributed by atoms with Gasteiger partial charge in [-0.1, -0.05) is 12.1 Å². The molecule has 0 aliphatic rings. The topological polar surface area (TPSA) is 114 Å². The zero-order valence-electron chi connectivity index (χ0n) is 12.8. The lowest BCUT2D eigenvalue weighted by Crippen LogP contribution is -2.03. The third-order valence-corrected chi connectivity index (χ3v) is 3.17. The molecule has 2 heterocycles. The zero-order valence-corrected chi connectivity index (χ0v) is 12.8. The summed E-state index contributed by atoms with van der Waals surface area (Å²) in [4.78, 5) is 0. The third-order valence-electron chi connectivity index (χ3n) is 3.17. The first-order chi connectivity index (χ1) is 11.2. The molecule has 0 fully saturated rings. The maximum Gasteiger partial charge on any atom is 0.243 e. The van der Waals surface area contributed by atoms with E-state index in [-0.39, 0.29) is 11.6 Å². The Labute approximate surface area is 132 Å². The van der Waals surface area contributed by atoms with Crippen molar-refractivity contribution in [1.82, 2.24) is 25.3 Å². The van der Waals surface area contributed by atoms with Gasteiger partial charge in [0.25, 0.3) is 0 Å². The highest BCUT2D eigenvalue weighted by atomic mass is 16.6. The summed E-state index contributed by atoms with van der Waals surface area (Å²) in [6, 6.07) is 5.56. The SMILES string of the molecule is CCCOc1ccc(-c2cnnn2-c2nonc2N)cc1OC. The monoisotopic (exact) mass is 316 g/mol. The first-order valence-corrected chi connectivity index (χ1v) is 7.05. The third kappa shape index (κ3) is 2.80. The van der Waals surface area contributed by atoms with E-state index in [1.54, 1.807) is 13.3 Å². The second kappa shape index (κ2) is 6.34. The van der Waals surface area contributed by atoms with Gasteiger partial charge in [-0.25, -0.2) is 4.63 Å². The lowest BCUT2D eigenvalue weighted by Gasteiger charge is -2.11. The van der Waals surface area contributed by atoms with Crippen molar-refractivity contribution >= 4 is 5.82 Å². The number of methoxy groups -OCH3 is 1. The molecule has 0 atom stereocenters. The van der Waals surface area contributed by atoms with E-state index in [2.05, 4.69) is 25.3 Å². The number of aromatic nitrogens is 5. The molecule has 9 nitrogen and oxygen atoms in total. The second-order valence-electron chi connectivity index (χ2n) is 4.72. The number of nitrogens with two attached hydrogens (primary N) is 1. The largest absolute Gasteiger partial charge is 0.493 e. The number of rotatable bonds is 6. The standard InChI is InChI=1S/C14H16N6O3/c1-3-6-22-11-5-4-9(7-12(11)21-2)10-8-16-19-20(10)14-13(15)17-23-18-14/h4-5,7-8H,3,6H2,1-2H3,(H2,15,17). The molecule has 0 amide bonds. The van der Waals surface area contributed by atoms with Gasteiger partial charge in [0.15, 0.2) is 11.5 Å². The van der Waals surface area contributed by atoms with Crippen molar-refractivity contribution in [3.63, 3.8) is 0 Å². The number of hydrogen-bond donors (Lipinski definition) is 1. The van der Waals surface area contributed by atoms with Crippen molar-refractivity contribution in [2.24, 2.45) is 0 Å². The number of nitrogens with zero attached hydrogens (tertiary/aromatic N) is 5. The van der Waals surface area contributed by atoms with Crippen LogP contribution in [0.15, 0.2) is 29.0 Å². The number of benzene rings is 1. The molecular weight excluding hydrogens is 300 g/mol. The molecule has 0 radical (unpaired) electrons. The highest BCUT2D eigenvalue weighted by Gasteiger charge is 2.17. The van der Waals surface area contributed by atoms with Crippen LogP contribution in [-0.2, 0) is 0 Å². The molecule has 1 aromatic carbocycles. The van der Waals surface area contributed by atoms with Gasteiger partial charge in [-0.05, 0) is 34.9 Å². The smallest absolute Gasteiger partial charge is 0.243 e. The van der Waals surface area contributed by atoms with Gasteiger partial charge in [-0.15, -0.1) is 5.10 Å². The molecule has 2 aromatic heterocycles. The van der Waals surface area contributed by atoms with Crippen LogP contribution in [0.5, 0.6) is 11.5 Å². The summed E-state index contributed by atoms with van der Waals surface area (Å²) in [6.07, 6.45) is 2.51. The predicted molar refractivity (Wildman–Crippen MR) is 81.4 cm³/mol. The molecule has 0 aliphatic carbocycles. The summed E-state index contributed by atoms with van der Waals surface area (Å²) in [7, 11) is 1.59. The average Bonchev–Trinajstić information content (AvgIpc) is 3.21. The summed E-state index contributed by atoms with van der Waals surface area (Å²) in [6.45, 7) is 2.66. The van der Waals surface area contributed by atoms with Gasteiger partial charge in [0.2, 0.25) is 11.6 Å². The van der Waals surface area contributed by atoms with E-state index in [0.717, 1.165) is 12.0 Å². The van der Waals surface area contributed by atoms with Crippen molar-refractivity contribution in [2.45, 2.75) is 13.3 Å². The summed E-state index contributed by atoms with van der Waals surface area (Å²) < 4.78 is 17.1. The molecule has 23 heavy (non-hydrogen) atoms. The van der Waals surface area contributed by atoms with E-state index < -0.39 is 0 Å². The van der Waals surface area contributed by atoms with Crippen molar-refractivity contribution in [1.29, 1.82) is 0 Å². The maximum absolute atomic E-state index is 5.71. The Morgan fingerprint density at radius 1 is 1.26 bits per heavy atom. The zero-order chi connectivity index (χ0) is 16.2. The van der Waals surface area contributed by atoms with Crippen LogP contribution in [0.1, 0.15) is 13.3 Å². The minimum Gasteiger partial charge on any atom is -0.493 e. The van der Waals surface area contributed by atoms with Crippen molar-refractivity contribution < 1.29 is 14.1 Å². The Balaban J connectivity index is 2.00. The summed E-state index contributed by atoms with van der Waals surface area (Å²) in [5, 5.41) is 15.2. The van der Waals surface area contributed by atoms with Crippen molar-refractivity contribution in [2.75, 3.05) is 19.5 Å². The Bertz CT molecular complexity index is 797. The molecule has 0 bridgehead atoms. The molecule has 0 aliphatic heterocycles. The Morgan fingerprint density at radius 2 is 2.13 bits per heavy atom. The number of anilines is 1. The van der Waals surface area contributed by atoms with Crippen LogP contribution in [-0.4, -0.2) is 39.0 Å². The Kier molecular flexibility index (Phi) is 4.09. The van der Waals surface area contributed by atoms with Gasteiger partial charge in [-0.3, -0.25) is 0 Å². The fraction of sp³-hybridized carbons (Fsp3) is 0.286. The van der Waals surface area contributed by atoms with Gasteiger partial charge in [0, 0.05) is 5.56 Å². The van der Waals surface area contributed by atoms with E-state index >= 15 is 0 Å². The molecule has 0 spiro atoms. The van der Waals surface area contributed by atoms with Crippen LogP contribution in [0.4, 0.5) is 5.82 Å². The summed E-state index contributed by atoms with van der Waals surface area (Å²) in [5.41, 5.74) is 7.20. The van der Waals surface area contributed by atoms with Gasteiger partial charge < -0.3 is 15.2 Å².